The third-order valence-corrected chi connectivity index (χ3v) is 4.14. The minimum Gasteiger partial charge on any atom is -0.309 e. The third kappa shape index (κ3) is 17.5. The molecule has 0 radical (unpaired) electrons. The summed E-state index contributed by atoms with van der Waals surface area (Å²) in [7, 11) is -3.93. The van der Waals surface area contributed by atoms with E-state index in [1.807, 2.05) is 0 Å². The Hall–Kier alpha value is -0.460. The maximum atomic E-state index is 11.5. The summed E-state index contributed by atoms with van der Waals surface area (Å²) in [5, 5.41) is 2.73. The molecule has 0 saturated carbocycles. The molecular weight excluding hydrogens is 290 g/mol. The second kappa shape index (κ2) is 13.2. The van der Waals surface area contributed by atoms with E-state index in [1.165, 1.54) is 44.9 Å². The number of ketones is 1. The standard InChI is InChI=1S/C15H31NO4S/c1-2-3-4-5-6-7-8-9-10-11-15(17)14-16-12-13-21(18,19)20/h16H,2-14H2,1H3,(H,18,19,20). The molecule has 0 atom stereocenters. The van der Waals surface area contributed by atoms with Crippen LogP contribution in [0.1, 0.15) is 71.1 Å². The summed E-state index contributed by atoms with van der Waals surface area (Å²) in [5.74, 6) is -0.244. The van der Waals surface area contributed by atoms with E-state index in [0.717, 1.165) is 12.8 Å². The number of carbonyl (C=O) groups excluding carboxylic acids is 1. The molecule has 0 amide bonds. The zero-order chi connectivity index (χ0) is 16.0. The summed E-state index contributed by atoms with van der Waals surface area (Å²) in [6.07, 6.45) is 11.6. The lowest BCUT2D eigenvalue weighted by Gasteiger charge is -2.04. The summed E-state index contributed by atoms with van der Waals surface area (Å²) in [4.78, 5) is 11.5. The van der Waals surface area contributed by atoms with Crippen LogP contribution in [0.25, 0.3) is 0 Å². The smallest absolute Gasteiger partial charge is 0.266 e. The summed E-state index contributed by atoms with van der Waals surface area (Å²) >= 11 is 0. The van der Waals surface area contributed by atoms with E-state index >= 15 is 0 Å². The Morgan fingerprint density at radius 1 is 0.952 bits per heavy atom. The Bertz CT molecular complexity index is 355. The molecule has 126 valence electrons. The molecule has 0 rings (SSSR count). The normalized spacial score (nSPS) is 11.7. The molecule has 5 nitrogen and oxygen atoms in total. The van der Waals surface area contributed by atoms with Gasteiger partial charge < -0.3 is 5.32 Å². The number of hydrogen-bond acceptors (Lipinski definition) is 4. The lowest BCUT2D eigenvalue weighted by Crippen LogP contribution is -2.28. The Kier molecular flexibility index (Phi) is 12.9. The summed E-state index contributed by atoms with van der Waals surface area (Å²) < 4.78 is 29.4. The molecule has 0 aromatic heterocycles. The average molecular weight is 321 g/mol. The number of nitrogens with one attached hydrogen (secondary N) is 1. The molecule has 0 fully saturated rings. The molecule has 6 heteroatoms. The summed E-state index contributed by atoms with van der Waals surface area (Å²) in [5.41, 5.74) is 0. The molecule has 0 spiro atoms. The first-order valence-corrected chi connectivity index (χ1v) is 9.74. The molecule has 2 N–H and O–H groups in total. The predicted molar refractivity (Wildman–Crippen MR) is 86.1 cm³/mol. The van der Waals surface area contributed by atoms with Crippen LogP contribution in [0.4, 0.5) is 0 Å². The van der Waals surface area contributed by atoms with Gasteiger partial charge in [0.1, 0.15) is 5.78 Å². The molecule has 0 aliphatic rings. The zero-order valence-electron chi connectivity index (χ0n) is 13.3. The predicted octanol–water partition coefficient (Wildman–Crippen LogP) is 2.95. The van der Waals surface area contributed by atoms with Gasteiger partial charge in [0.2, 0.25) is 0 Å². The van der Waals surface area contributed by atoms with Crippen LogP contribution in [0.3, 0.4) is 0 Å². The molecule has 21 heavy (non-hydrogen) atoms. The first-order valence-electron chi connectivity index (χ1n) is 8.13. The van der Waals surface area contributed by atoms with Crippen molar-refractivity contribution in [3.05, 3.63) is 0 Å². The van der Waals surface area contributed by atoms with E-state index in [0.29, 0.717) is 6.42 Å². The van der Waals surface area contributed by atoms with Gasteiger partial charge in [-0.05, 0) is 6.42 Å². The molecule has 0 unspecified atom stereocenters. The van der Waals surface area contributed by atoms with Crippen molar-refractivity contribution in [1.82, 2.24) is 5.32 Å². The van der Waals surface area contributed by atoms with Crippen molar-refractivity contribution in [1.29, 1.82) is 0 Å². The fourth-order valence-corrected chi connectivity index (χ4v) is 2.55. The third-order valence-electron chi connectivity index (χ3n) is 3.42. The molecule has 0 aliphatic carbocycles. The Morgan fingerprint density at radius 3 is 2.00 bits per heavy atom. The van der Waals surface area contributed by atoms with Gasteiger partial charge in [-0.2, -0.15) is 8.42 Å². The maximum absolute atomic E-state index is 11.5. The van der Waals surface area contributed by atoms with Gasteiger partial charge in [0.15, 0.2) is 0 Å². The number of unbranched alkanes of at least 4 members (excludes halogenated alkanes) is 8. The fraction of sp³-hybridized carbons (Fsp3) is 0.933. The van der Waals surface area contributed by atoms with E-state index < -0.39 is 10.1 Å². The van der Waals surface area contributed by atoms with Gasteiger partial charge in [0.05, 0.1) is 12.3 Å². The van der Waals surface area contributed by atoms with E-state index in [-0.39, 0.29) is 24.6 Å². The SMILES string of the molecule is CCCCCCCCCCCC(=O)CNCCS(=O)(=O)O. The molecule has 0 aromatic rings. The highest BCUT2D eigenvalue weighted by Gasteiger charge is 2.05. The summed E-state index contributed by atoms with van der Waals surface area (Å²) in [6, 6.07) is 0. The number of Topliss-reactive ketones (excluding diaryl/α,β-unsaturated/α-hetero) is 1. The molecule has 0 bridgehead atoms. The molecule has 0 aromatic carbocycles. The Labute approximate surface area is 129 Å². The van der Waals surface area contributed by atoms with Gasteiger partial charge in [-0.1, -0.05) is 58.3 Å². The van der Waals surface area contributed by atoms with Crippen LogP contribution in [-0.2, 0) is 14.9 Å². The minimum atomic E-state index is -3.93. The Morgan fingerprint density at radius 2 is 1.48 bits per heavy atom. The van der Waals surface area contributed by atoms with Crippen molar-refractivity contribution in [3.8, 4) is 0 Å². The number of hydrogen-bond donors (Lipinski definition) is 2. The van der Waals surface area contributed by atoms with Gasteiger partial charge in [0.25, 0.3) is 10.1 Å². The van der Waals surface area contributed by atoms with Crippen LogP contribution in [0, 0.1) is 0 Å². The molecule has 0 saturated heterocycles. The quantitative estimate of drug-likeness (QED) is 0.358. The lowest BCUT2D eigenvalue weighted by atomic mass is 10.1. The number of carbonyl (C=O) groups is 1. The van der Waals surface area contributed by atoms with Crippen molar-refractivity contribution in [2.75, 3.05) is 18.8 Å². The molecular formula is C15H31NO4S. The van der Waals surface area contributed by atoms with Gasteiger partial charge in [-0.25, -0.2) is 0 Å². The van der Waals surface area contributed by atoms with Crippen molar-refractivity contribution in [2.45, 2.75) is 71.1 Å². The van der Waals surface area contributed by atoms with Crippen LogP contribution in [0.15, 0.2) is 0 Å². The highest BCUT2D eigenvalue weighted by Crippen LogP contribution is 2.10. The van der Waals surface area contributed by atoms with Crippen LogP contribution in [0.2, 0.25) is 0 Å². The molecule has 0 aliphatic heterocycles. The monoisotopic (exact) mass is 321 g/mol. The molecule has 0 heterocycles. The van der Waals surface area contributed by atoms with E-state index in [4.69, 9.17) is 4.55 Å². The van der Waals surface area contributed by atoms with Gasteiger partial charge in [-0.3, -0.25) is 9.35 Å². The van der Waals surface area contributed by atoms with Gasteiger partial charge in [0, 0.05) is 13.0 Å². The van der Waals surface area contributed by atoms with E-state index in [9.17, 15) is 13.2 Å². The Balaban J connectivity index is 3.27. The van der Waals surface area contributed by atoms with E-state index in [2.05, 4.69) is 12.2 Å². The zero-order valence-corrected chi connectivity index (χ0v) is 14.1. The van der Waals surface area contributed by atoms with Gasteiger partial charge >= 0.3 is 0 Å². The second-order valence-electron chi connectivity index (χ2n) is 5.58. The first kappa shape index (κ1) is 20.5. The van der Waals surface area contributed by atoms with Crippen LogP contribution < -0.4 is 5.32 Å². The number of rotatable bonds is 15. The van der Waals surface area contributed by atoms with Crippen molar-refractivity contribution in [3.63, 3.8) is 0 Å². The van der Waals surface area contributed by atoms with E-state index in [1.54, 1.807) is 0 Å². The highest BCUT2D eigenvalue weighted by atomic mass is 32.2. The average Bonchev–Trinajstić information content (AvgIpc) is 2.41. The van der Waals surface area contributed by atoms with Crippen molar-refractivity contribution >= 4 is 15.9 Å². The highest BCUT2D eigenvalue weighted by molar-refractivity contribution is 7.85. The maximum Gasteiger partial charge on any atom is 0.266 e. The van der Waals surface area contributed by atoms with Crippen molar-refractivity contribution < 1.29 is 17.8 Å². The first-order chi connectivity index (χ1) is 9.95. The summed E-state index contributed by atoms with van der Waals surface area (Å²) in [6.45, 7) is 2.52. The fourth-order valence-electron chi connectivity index (χ4n) is 2.15. The van der Waals surface area contributed by atoms with Crippen LogP contribution in [0.5, 0.6) is 0 Å². The van der Waals surface area contributed by atoms with Crippen molar-refractivity contribution in [2.24, 2.45) is 0 Å². The largest absolute Gasteiger partial charge is 0.309 e. The lowest BCUT2D eigenvalue weighted by molar-refractivity contribution is -0.118. The van der Waals surface area contributed by atoms with Crippen LogP contribution >= 0.6 is 0 Å². The minimum absolute atomic E-state index is 0.105. The second-order valence-corrected chi connectivity index (χ2v) is 7.15. The van der Waals surface area contributed by atoms with Gasteiger partial charge in [-0.15, -0.1) is 0 Å². The topological polar surface area (TPSA) is 83.5 Å². The van der Waals surface area contributed by atoms with Crippen LogP contribution in [-0.4, -0.2) is 37.6 Å².